The van der Waals surface area contributed by atoms with Crippen LogP contribution in [-0.4, -0.2) is 41.2 Å². The molecule has 0 aliphatic carbocycles. The minimum absolute atomic E-state index is 0.0153. The number of rotatable bonds is 8. The monoisotopic (exact) mass is 315 g/mol. The summed E-state index contributed by atoms with van der Waals surface area (Å²) in [6.45, 7) is 5.34. The van der Waals surface area contributed by atoms with Gasteiger partial charge >= 0.3 is 0 Å². The Morgan fingerprint density at radius 2 is 2.00 bits per heavy atom. The number of aryl methyl sites for hydroxylation is 2. The first kappa shape index (κ1) is 17.2. The number of benzene rings is 1. The van der Waals surface area contributed by atoms with Gasteiger partial charge in [0.25, 0.3) is 0 Å². The van der Waals surface area contributed by atoms with E-state index in [-0.39, 0.29) is 12.5 Å². The molecule has 0 radical (unpaired) electrons. The van der Waals surface area contributed by atoms with E-state index in [0.29, 0.717) is 6.61 Å². The highest BCUT2D eigenvalue weighted by Gasteiger charge is 2.10. The van der Waals surface area contributed by atoms with Crippen molar-refractivity contribution in [1.29, 1.82) is 0 Å². The van der Waals surface area contributed by atoms with Crippen LogP contribution in [0, 0.1) is 13.8 Å². The molecule has 1 heterocycles. The van der Waals surface area contributed by atoms with Gasteiger partial charge in [-0.25, -0.2) is 0 Å². The summed E-state index contributed by atoms with van der Waals surface area (Å²) in [5.41, 5.74) is 4.49. The molecule has 0 unspecified atom stereocenters. The van der Waals surface area contributed by atoms with Crippen LogP contribution in [0.3, 0.4) is 0 Å². The molecule has 0 aliphatic heterocycles. The molecular formula is C18H25N3O2. The van der Waals surface area contributed by atoms with E-state index in [1.165, 1.54) is 5.56 Å². The summed E-state index contributed by atoms with van der Waals surface area (Å²) in [5.74, 6) is 0.0153. The molecule has 1 aromatic heterocycles. The molecule has 0 bridgehead atoms. The molecule has 2 aromatic rings. The second kappa shape index (κ2) is 8.48. The summed E-state index contributed by atoms with van der Waals surface area (Å²) in [4.78, 5) is 13.8. The third-order valence-electron chi connectivity index (χ3n) is 3.96. The molecule has 1 aromatic carbocycles. The molecule has 23 heavy (non-hydrogen) atoms. The summed E-state index contributed by atoms with van der Waals surface area (Å²) in [7, 11) is 1.82. The van der Waals surface area contributed by atoms with Crippen LogP contribution in [-0.2, 0) is 22.6 Å². The summed E-state index contributed by atoms with van der Waals surface area (Å²) in [5, 5.41) is 7.18. The van der Waals surface area contributed by atoms with E-state index >= 15 is 0 Å². The fourth-order valence-corrected chi connectivity index (χ4v) is 2.50. The maximum atomic E-state index is 12.0. The van der Waals surface area contributed by atoms with Crippen LogP contribution >= 0.6 is 0 Å². The standard InChI is InChI=1S/C18H25N3O2/c1-14-17(15(2)20-19-14)10-7-11-21(3)18(22)13-23-12-16-8-5-4-6-9-16/h4-6,8-9H,7,10-13H2,1-3H3,(H,19,20). The third-order valence-corrected chi connectivity index (χ3v) is 3.96. The predicted molar refractivity (Wildman–Crippen MR) is 90.1 cm³/mol. The van der Waals surface area contributed by atoms with Crippen molar-refractivity contribution < 1.29 is 9.53 Å². The van der Waals surface area contributed by atoms with Gasteiger partial charge in [-0.05, 0) is 37.8 Å². The highest BCUT2D eigenvalue weighted by molar-refractivity contribution is 5.77. The van der Waals surface area contributed by atoms with Crippen LogP contribution in [0.1, 0.15) is 28.9 Å². The first-order valence-electron chi connectivity index (χ1n) is 7.94. The average Bonchev–Trinajstić information content (AvgIpc) is 2.87. The highest BCUT2D eigenvalue weighted by Crippen LogP contribution is 2.12. The quantitative estimate of drug-likeness (QED) is 0.814. The Hall–Kier alpha value is -2.14. The lowest BCUT2D eigenvalue weighted by atomic mass is 10.1. The SMILES string of the molecule is Cc1n[nH]c(C)c1CCCN(C)C(=O)COCc1ccccc1. The van der Waals surface area contributed by atoms with Gasteiger partial charge < -0.3 is 9.64 Å². The molecule has 0 saturated heterocycles. The van der Waals surface area contributed by atoms with Crippen LogP contribution in [0.4, 0.5) is 0 Å². The van der Waals surface area contributed by atoms with Gasteiger partial charge in [-0.2, -0.15) is 5.10 Å². The van der Waals surface area contributed by atoms with Crippen molar-refractivity contribution in [2.75, 3.05) is 20.2 Å². The summed E-state index contributed by atoms with van der Waals surface area (Å²) in [6.07, 6.45) is 1.85. The number of aromatic amines is 1. The van der Waals surface area contributed by atoms with E-state index < -0.39 is 0 Å². The van der Waals surface area contributed by atoms with E-state index in [9.17, 15) is 4.79 Å². The molecule has 0 spiro atoms. The second-order valence-corrected chi connectivity index (χ2v) is 5.81. The first-order valence-corrected chi connectivity index (χ1v) is 7.94. The van der Waals surface area contributed by atoms with Crippen molar-refractivity contribution in [1.82, 2.24) is 15.1 Å². The van der Waals surface area contributed by atoms with Gasteiger partial charge in [0, 0.05) is 19.3 Å². The molecule has 1 amide bonds. The minimum atomic E-state index is 0.0153. The number of amides is 1. The van der Waals surface area contributed by atoms with Crippen molar-refractivity contribution in [2.45, 2.75) is 33.3 Å². The highest BCUT2D eigenvalue weighted by atomic mass is 16.5. The van der Waals surface area contributed by atoms with Crippen LogP contribution in [0.5, 0.6) is 0 Å². The van der Waals surface area contributed by atoms with Gasteiger partial charge in [0.05, 0.1) is 12.3 Å². The molecule has 5 heteroatoms. The number of H-pyrrole nitrogens is 1. The second-order valence-electron chi connectivity index (χ2n) is 5.81. The molecule has 0 aliphatic rings. The summed E-state index contributed by atoms with van der Waals surface area (Å²) >= 11 is 0. The smallest absolute Gasteiger partial charge is 0.248 e. The number of carbonyl (C=O) groups is 1. The molecule has 0 saturated carbocycles. The van der Waals surface area contributed by atoms with Crippen LogP contribution in [0.15, 0.2) is 30.3 Å². The molecule has 1 N–H and O–H groups in total. The average molecular weight is 315 g/mol. The fraction of sp³-hybridized carbons (Fsp3) is 0.444. The maximum absolute atomic E-state index is 12.0. The van der Waals surface area contributed by atoms with E-state index in [1.807, 2.05) is 51.2 Å². The molecule has 0 atom stereocenters. The van der Waals surface area contributed by atoms with E-state index in [2.05, 4.69) is 10.2 Å². The van der Waals surface area contributed by atoms with Gasteiger partial charge in [0.2, 0.25) is 5.91 Å². The third kappa shape index (κ3) is 5.21. The van der Waals surface area contributed by atoms with Gasteiger partial charge in [0.1, 0.15) is 6.61 Å². The number of hydrogen-bond acceptors (Lipinski definition) is 3. The maximum Gasteiger partial charge on any atom is 0.248 e. The summed E-state index contributed by atoms with van der Waals surface area (Å²) < 4.78 is 5.49. The van der Waals surface area contributed by atoms with Crippen molar-refractivity contribution in [3.05, 3.63) is 52.8 Å². The lowest BCUT2D eigenvalue weighted by Crippen LogP contribution is -2.31. The Labute approximate surface area is 137 Å². The van der Waals surface area contributed by atoms with E-state index in [0.717, 1.165) is 36.3 Å². The Kier molecular flexibility index (Phi) is 6.35. The lowest BCUT2D eigenvalue weighted by molar-refractivity contribution is -0.135. The number of nitrogens with one attached hydrogen (secondary N) is 1. The van der Waals surface area contributed by atoms with Gasteiger partial charge in [-0.3, -0.25) is 9.89 Å². The van der Waals surface area contributed by atoms with E-state index in [1.54, 1.807) is 4.90 Å². The van der Waals surface area contributed by atoms with Gasteiger partial charge in [0.15, 0.2) is 0 Å². The number of nitrogens with zero attached hydrogens (tertiary/aromatic N) is 2. The van der Waals surface area contributed by atoms with Crippen LogP contribution in [0.25, 0.3) is 0 Å². The van der Waals surface area contributed by atoms with Crippen molar-refractivity contribution in [3.8, 4) is 0 Å². The first-order chi connectivity index (χ1) is 11.1. The van der Waals surface area contributed by atoms with Crippen LogP contribution < -0.4 is 0 Å². The number of carbonyl (C=O) groups excluding carboxylic acids is 1. The number of hydrogen-bond donors (Lipinski definition) is 1. The largest absolute Gasteiger partial charge is 0.367 e. The Morgan fingerprint density at radius 1 is 1.26 bits per heavy atom. The Balaban J connectivity index is 1.67. The number of aromatic nitrogens is 2. The normalized spacial score (nSPS) is 10.7. The van der Waals surface area contributed by atoms with E-state index in [4.69, 9.17) is 4.74 Å². The van der Waals surface area contributed by atoms with Gasteiger partial charge in [-0.15, -0.1) is 0 Å². The van der Waals surface area contributed by atoms with Crippen LogP contribution in [0.2, 0.25) is 0 Å². The zero-order chi connectivity index (χ0) is 16.7. The number of likely N-dealkylation sites (N-methyl/N-ethyl adjacent to an activating group) is 1. The summed E-state index contributed by atoms with van der Waals surface area (Å²) in [6, 6.07) is 9.87. The zero-order valence-electron chi connectivity index (χ0n) is 14.1. The van der Waals surface area contributed by atoms with Crippen molar-refractivity contribution in [2.24, 2.45) is 0 Å². The Bertz CT molecular complexity index is 603. The number of ether oxygens (including phenoxy) is 1. The molecule has 124 valence electrons. The molecule has 0 fully saturated rings. The molecule has 5 nitrogen and oxygen atoms in total. The zero-order valence-corrected chi connectivity index (χ0v) is 14.1. The van der Waals surface area contributed by atoms with Crippen molar-refractivity contribution >= 4 is 5.91 Å². The Morgan fingerprint density at radius 3 is 2.65 bits per heavy atom. The minimum Gasteiger partial charge on any atom is -0.367 e. The topological polar surface area (TPSA) is 58.2 Å². The van der Waals surface area contributed by atoms with Crippen molar-refractivity contribution in [3.63, 3.8) is 0 Å². The predicted octanol–water partition coefficient (Wildman–Crippen LogP) is 2.63. The molecular weight excluding hydrogens is 290 g/mol. The molecule has 2 rings (SSSR count). The van der Waals surface area contributed by atoms with Gasteiger partial charge in [-0.1, -0.05) is 30.3 Å². The fourth-order valence-electron chi connectivity index (χ4n) is 2.50. The lowest BCUT2D eigenvalue weighted by Gasteiger charge is -2.17.